The van der Waals surface area contributed by atoms with Crippen LogP contribution in [0.15, 0.2) is 12.7 Å². The van der Waals surface area contributed by atoms with Crippen molar-refractivity contribution in [2.45, 2.75) is 38.9 Å². The lowest BCUT2D eigenvalue weighted by Gasteiger charge is -2.21. The standard InChI is InChI=1S/C9H18O2/c1-4-6-9(11)7(3)8(10)5-2/h4,7-11H,1,5-6H2,2-3H3/t7-,8-,9-/m1/s1. The molecule has 0 bridgehead atoms. The first kappa shape index (κ1) is 10.7. The molecule has 0 heterocycles. The van der Waals surface area contributed by atoms with Gasteiger partial charge in [-0.25, -0.2) is 0 Å². The quantitative estimate of drug-likeness (QED) is 0.593. The van der Waals surface area contributed by atoms with Crippen molar-refractivity contribution in [3.05, 3.63) is 12.7 Å². The molecular weight excluding hydrogens is 140 g/mol. The molecular formula is C9H18O2. The Hall–Kier alpha value is -0.340. The Morgan fingerprint density at radius 1 is 1.36 bits per heavy atom. The van der Waals surface area contributed by atoms with Crippen molar-refractivity contribution in [1.29, 1.82) is 0 Å². The summed E-state index contributed by atoms with van der Waals surface area (Å²) in [5, 5.41) is 18.7. The van der Waals surface area contributed by atoms with E-state index in [1.165, 1.54) is 0 Å². The highest BCUT2D eigenvalue weighted by Crippen LogP contribution is 2.14. The first-order valence-corrected chi connectivity index (χ1v) is 4.10. The van der Waals surface area contributed by atoms with Crippen LogP contribution in [0, 0.1) is 5.92 Å². The molecule has 0 aliphatic carbocycles. The molecule has 0 unspecified atom stereocenters. The first-order valence-electron chi connectivity index (χ1n) is 4.10. The van der Waals surface area contributed by atoms with Gasteiger partial charge in [0, 0.05) is 5.92 Å². The SMILES string of the molecule is C=CC[C@@H](O)[C@H](C)[C@H](O)CC. The zero-order valence-corrected chi connectivity index (χ0v) is 7.33. The average Bonchev–Trinajstić information content (AvgIpc) is 2.02. The summed E-state index contributed by atoms with van der Waals surface area (Å²) in [5.74, 6) is -0.0574. The van der Waals surface area contributed by atoms with Crippen LogP contribution in [0.4, 0.5) is 0 Å². The maximum Gasteiger partial charge on any atom is 0.0624 e. The summed E-state index contributed by atoms with van der Waals surface area (Å²) in [6.45, 7) is 7.28. The van der Waals surface area contributed by atoms with Gasteiger partial charge in [-0.3, -0.25) is 0 Å². The van der Waals surface area contributed by atoms with Gasteiger partial charge in [0.05, 0.1) is 12.2 Å². The average molecular weight is 158 g/mol. The molecule has 3 atom stereocenters. The summed E-state index contributed by atoms with van der Waals surface area (Å²) in [6.07, 6.45) is 2.06. The highest BCUT2D eigenvalue weighted by Gasteiger charge is 2.19. The van der Waals surface area contributed by atoms with Gasteiger partial charge in [-0.05, 0) is 12.8 Å². The molecule has 2 heteroatoms. The third-order valence-corrected chi connectivity index (χ3v) is 2.04. The largest absolute Gasteiger partial charge is 0.393 e. The number of aliphatic hydroxyl groups excluding tert-OH is 2. The van der Waals surface area contributed by atoms with E-state index in [9.17, 15) is 10.2 Å². The van der Waals surface area contributed by atoms with Gasteiger partial charge in [0.1, 0.15) is 0 Å². The summed E-state index contributed by atoms with van der Waals surface area (Å²) < 4.78 is 0. The van der Waals surface area contributed by atoms with Crippen LogP contribution in [0.3, 0.4) is 0 Å². The second-order valence-corrected chi connectivity index (χ2v) is 2.93. The van der Waals surface area contributed by atoms with Gasteiger partial charge in [0.25, 0.3) is 0 Å². The van der Waals surface area contributed by atoms with Gasteiger partial charge in [-0.2, -0.15) is 0 Å². The zero-order chi connectivity index (χ0) is 8.85. The van der Waals surface area contributed by atoms with Crippen LogP contribution in [0.1, 0.15) is 26.7 Å². The molecule has 0 radical (unpaired) electrons. The molecule has 11 heavy (non-hydrogen) atoms. The summed E-state index contributed by atoms with van der Waals surface area (Å²) in [5.41, 5.74) is 0. The Morgan fingerprint density at radius 2 is 1.91 bits per heavy atom. The lowest BCUT2D eigenvalue weighted by molar-refractivity contribution is 0.0220. The van der Waals surface area contributed by atoms with Crippen LogP contribution in [0.25, 0.3) is 0 Å². The summed E-state index contributed by atoms with van der Waals surface area (Å²) in [4.78, 5) is 0. The van der Waals surface area contributed by atoms with Gasteiger partial charge >= 0.3 is 0 Å². The predicted octanol–water partition coefficient (Wildman–Crippen LogP) is 1.33. The number of rotatable bonds is 5. The molecule has 0 aliphatic rings. The van der Waals surface area contributed by atoms with E-state index in [2.05, 4.69) is 6.58 Å². The van der Waals surface area contributed by atoms with Gasteiger partial charge in [0.15, 0.2) is 0 Å². The van der Waals surface area contributed by atoms with E-state index in [1.54, 1.807) is 6.08 Å². The Balaban J connectivity index is 3.79. The summed E-state index contributed by atoms with van der Waals surface area (Å²) >= 11 is 0. The third-order valence-electron chi connectivity index (χ3n) is 2.04. The molecule has 0 saturated heterocycles. The van der Waals surface area contributed by atoms with Crippen molar-refractivity contribution in [3.63, 3.8) is 0 Å². The highest BCUT2D eigenvalue weighted by molar-refractivity contribution is 4.78. The van der Waals surface area contributed by atoms with Crippen LogP contribution in [-0.4, -0.2) is 22.4 Å². The van der Waals surface area contributed by atoms with E-state index in [0.717, 1.165) is 0 Å². The highest BCUT2D eigenvalue weighted by atomic mass is 16.3. The second-order valence-electron chi connectivity index (χ2n) is 2.93. The van der Waals surface area contributed by atoms with Crippen LogP contribution < -0.4 is 0 Å². The molecule has 0 aromatic carbocycles. The Bertz CT molecular complexity index is 112. The van der Waals surface area contributed by atoms with Gasteiger partial charge < -0.3 is 10.2 Å². The van der Waals surface area contributed by atoms with E-state index in [-0.39, 0.29) is 5.92 Å². The fourth-order valence-electron chi connectivity index (χ4n) is 1.01. The third kappa shape index (κ3) is 3.54. The van der Waals surface area contributed by atoms with E-state index in [1.807, 2.05) is 13.8 Å². The molecule has 0 aromatic rings. The molecule has 0 aliphatic heterocycles. The van der Waals surface area contributed by atoms with E-state index < -0.39 is 12.2 Å². The normalized spacial score (nSPS) is 18.9. The van der Waals surface area contributed by atoms with E-state index in [4.69, 9.17) is 0 Å². The minimum absolute atomic E-state index is 0.0574. The fraction of sp³-hybridized carbons (Fsp3) is 0.778. The monoisotopic (exact) mass is 158 g/mol. The van der Waals surface area contributed by atoms with Crippen LogP contribution in [-0.2, 0) is 0 Å². The Morgan fingerprint density at radius 3 is 2.27 bits per heavy atom. The maximum absolute atomic E-state index is 9.39. The smallest absolute Gasteiger partial charge is 0.0624 e. The van der Waals surface area contributed by atoms with Crippen LogP contribution in [0.2, 0.25) is 0 Å². The number of aliphatic hydroxyl groups is 2. The van der Waals surface area contributed by atoms with Gasteiger partial charge in [0.2, 0.25) is 0 Å². The summed E-state index contributed by atoms with van der Waals surface area (Å²) in [6, 6.07) is 0. The van der Waals surface area contributed by atoms with Crippen molar-refractivity contribution >= 4 is 0 Å². The predicted molar refractivity (Wildman–Crippen MR) is 46.3 cm³/mol. The minimum atomic E-state index is -0.456. The van der Waals surface area contributed by atoms with Crippen molar-refractivity contribution < 1.29 is 10.2 Å². The molecule has 0 amide bonds. The van der Waals surface area contributed by atoms with Crippen molar-refractivity contribution in [1.82, 2.24) is 0 Å². The molecule has 0 aromatic heterocycles. The maximum atomic E-state index is 9.39. The molecule has 0 fully saturated rings. The number of hydrogen-bond acceptors (Lipinski definition) is 2. The Kier molecular flexibility index (Phi) is 5.16. The lowest BCUT2D eigenvalue weighted by Crippen LogP contribution is -2.28. The molecule has 0 rings (SSSR count). The second kappa shape index (κ2) is 5.33. The Labute approximate surface area is 68.6 Å². The molecule has 0 saturated carbocycles. The van der Waals surface area contributed by atoms with Crippen LogP contribution in [0.5, 0.6) is 0 Å². The first-order chi connectivity index (χ1) is 5.13. The van der Waals surface area contributed by atoms with Crippen LogP contribution >= 0.6 is 0 Å². The molecule has 2 nitrogen and oxygen atoms in total. The van der Waals surface area contributed by atoms with Crippen molar-refractivity contribution in [2.75, 3.05) is 0 Å². The van der Waals surface area contributed by atoms with Gasteiger partial charge in [-0.1, -0.05) is 19.9 Å². The molecule has 66 valence electrons. The summed E-state index contributed by atoms with van der Waals surface area (Å²) in [7, 11) is 0. The molecule has 0 spiro atoms. The topological polar surface area (TPSA) is 40.5 Å². The van der Waals surface area contributed by atoms with E-state index >= 15 is 0 Å². The molecule has 2 N–H and O–H groups in total. The van der Waals surface area contributed by atoms with E-state index in [0.29, 0.717) is 12.8 Å². The van der Waals surface area contributed by atoms with Crippen molar-refractivity contribution in [3.8, 4) is 0 Å². The van der Waals surface area contributed by atoms with Crippen molar-refractivity contribution in [2.24, 2.45) is 5.92 Å². The zero-order valence-electron chi connectivity index (χ0n) is 7.33. The minimum Gasteiger partial charge on any atom is -0.393 e. The number of hydrogen-bond donors (Lipinski definition) is 2. The van der Waals surface area contributed by atoms with Gasteiger partial charge in [-0.15, -0.1) is 6.58 Å². The lowest BCUT2D eigenvalue weighted by atomic mass is 9.94. The fourth-order valence-corrected chi connectivity index (χ4v) is 1.01.